The molecule has 0 aromatic carbocycles. The van der Waals surface area contributed by atoms with Gasteiger partial charge in [0.2, 0.25) is 0 Å². The van der Waals surface area contributed by atoms with Gasteiger partial charge in [0.05, 0.1) is 0 Å². The van der Waals surface area contributed by atoms with Crippen molar-refractivity contribution in [2.45, 2.75) is 4.90 Å². The van der Waals surface area contributed by atoms with Crippen molar-refractivity contribution in [2.24, 2.45) is 7.05 Å². The molecule has 0 amide bonds. The predicted octanol–water partition coefficient (Wildman–Crippen LogP) is -3.08. The molecule has 68 valence electrons. The first-order valence-electron chi connectivity index (χ1n) is 3.15. The first kappa shape index (κ1) is 11.8. The van der Waals surface area contributed by atoms with Crippen LogP contribution in [-0.2, 0) is 16.9 Å². The Morgan fingerprint density at radius 2 is 2.00 bits per heavy atom. The van der Waals surface area contributed by atoms with Crippen LogP contribution in [0.2, 0.25) is 0 Å². The molecule has 1 rings (SSSR count). The van der Waals surface area contributed by atoms with Gasteiger partial charge in [-0.2, -0.15) is 0 Å². The van der Waals surface area contributed by atoms with Crippen LogP contribution in [0, 0.1) is 0 Å². The zero-order chi connectivity index (χ0) is 8.48. The molecule has 0 fully saturated rings. The van der Waals surface area contributed by atoms with Gasteiger partial charge in [0.15, 0.2) is 22.2 Å². The van der Waals surface area contributed by atoms with Gasteiger partial charge in [-0.05, 0) is 6.07 Å². The average molecular weight is 299 g/mol. The number of halogens is 1. The Labute approximate surface area is 89.4 Å². The monoisotopic (exact) mass is 299 g/mol. The molecule has 0 bridgehead atoms. The maximum atomic E-state index is 11.0. The normalized spacial score (nSPS) is 10.5. The molecule has 1 aromatic heterocycles. The molecule has 1 aromatic rings. The van der Waals surface area contributed by atoms with Crippen LogP contribution in [0.3, 0.4) is 0 Å². The molecule has 0 N–H and O–H groups in total. The smallest absolute Gasteiger partial charge is 0.187 e. The maximum Gasteiger partial charge on any atom is 0.187 e. The summed E-state index contributed by atoms with van der Waals surface area (Å²) in [6, 6.07) is 3.28. The lowest BCUT2D eigenvalue weighted by Crippen LogP contribution is -3.00. The second kappa shape index (κ2) is 4.18. The van der Waals surface area contributed by atoms with E-state index in [1.807, 2.05) is 0 Å². The minimum absolute atomic E-state index is 0. The second-order valence-electron chi connectivity index (χ2n) is 2.48. The summed E-state index contributed by atoms with van der Waals surface area (Å²) in [6.45, 7) is 0. The van der Waals surface area contributed by atoms with Crippen LogP contribution in [-0.4, -0.2) is 14.7 Å². The van der Waals surface area contributed by atoms with E-state index in [0.717, 1.165) is 0 Å². The summed E-state index contributed by atoms with van der Waals surface area (Å²) in [5, 5.41) is 0. The fourth-order valence-electron chi connectivity index (χ4n) is 0.780. The van der Waals surface area contributed by atoms with Gasteiger partial charge in [-0.3, -0.25) is 0 Å². The number of rotatable bonds is 1. The number of hydrogen-bond acceptors (Lipinski definition) is 2. The van der Waals surface area contributed by atoms with E-state index in [2.05, 4.69) is 0 Å². The lowest BCUT2D eigenvalue weighted by atomic mass is 10.5. The van der Waals surface area contributed by atoms with Crippen molar-refractivity contribution in [2.75, 3.05) is 6.26 Å². The van der Waals surface area contributed by atoms with Crippen molar-refractivity contribution in [3.8, 4) is 0 Å². The summed E-state index contributed by atoms with van der Waals surface area (Å²) >= 11 is 0. The number of sulfone groups is 1. The van der Waals surface area contributed by atoms with Gasteiger partial charge in [-0.25, -0.2) is 13.0 Å². The Morgan fingerprint density at radius 3 is 2.33 bits per heavy atom. The minimum atomic E-state index is -3.05. The fraction of sp³-hybridized carbons (Fsp3) is 0.286. The maximum absolute atomic E-state index is 11.0. The van der Waals surface area contributed by atoms with Crippen molar-refractivity contribution in [1.82, 2.24) is 0 Å². The van der Waals surface area contributed by atoms with Crippen molar-refractivity contribution >= 4 is 9.84 Å². The van der Waals surface area contributed by atoms with Crippen LogP contribution < -0.4 is 28.5 Å². The number of aryl methyl sites for hydroxylation is 1. The van der Waals surface area contributed by atoms with Gasteiger partial charge in [-0.1, -0.05) is 0 Å². The van der Waals surface area contributed by atoms with E-state index in [-0.39, 0.29) is 24.0 Å². The predicted molar refractivity (Wildman–Crippen MR) is 40.7 cm³/mol. The zero-order valence-electron chi connectivity index (χ0n) is 6.86. The molecule has 1 heterocycles. The first-order valence-corrected chi connectivity index (χ1v) is 5.04. The number of hydrogen-bond donors (Lipinski definition) is 0. The Hall–Kier alpha value is -0.170. The van der Waals surface area contributed by atoms with E-state index >= 15 is 0 Å². The summed E-state index contributed by atoms with van der Waals surface area (Å²) < 4.78 is 23.6. The third kappa shape index (κ3) is 3.06. The molecular formula is C7H10INO2S. The summed E-state index contributed by atoms with van der Waals surface area (Å²) in [7, 11) is -1.26. The lowest BCUT2D eigenvalue weighted by Gasteiger charge is -1.93. The fourth-order valence-corrected chi connectivity index (χ4v) is 1.46. The van der Waals surface area contributed by atoms with Gasteiger partial charge >= 0.3 is 0 Å². The van der Waals surface area contributed by atoms with Gasteiger partial charge in [0, 0.05) is 12.3 Å². The van der Waals surface area contributed by atoms with E-state index < -0.39 is 9.84 Å². The number of pyridine rings is 1. The molecule has 0 saturated heterocycles. The molecule has 0 spiro atoms. The van der Waals surface area contributed by atoms with Crippen LogP contribution in [0.1, 0.15) is 0 Å². The lowest BCUT2D eigenvalue weighted by molar-refractivity contribution is -0.673. The number of aromatic nitrogens is 1. The molecular weight excluding hydrogens is 289 g/mol. The molecule has 0 atom stereocenters. The molecule has 0 aliphatic carbocycles. The Kier molecular flexibility index (Phi) is 4.12. The molecule has 5 heteroatoms. The second-order valence-corrected chi connectivity index (χ2v) is 4.49. The summed E-state index contributed by atoms with van der Waals surface area (Å²) in [6.07, 6.45) is 4.56. The van der Waals surface area contributed by atoms with Crippen LogP contribution in [0.5, 0.6) is 0 Å². The third-order valence-corrected chi connectivity index (χ3v) is 2.44. The summed E-state index contributed by atoms with van der Waals surface area (Å²) in [5.41, 5.74) is 0. The molecule has 3 nitrogen and oxygen atoms in total. The highest BCUT2D eigenvalue weighted by atomic mass is 127. The van der Waals surface area contributed by atoms with Crippen LogP contribution in [0.25, 0.3) is 0 Å². The molecule has 0 unspecified atom stereocenters. The van der Waals surface area contributed by atoms with Crippen LogP contribution in [0.4, 0.5) is 0 Å². The van der Waals surface area contributed by atoms with E-state index in [9.17, 15) is 8.42 Å². The quantitative estimate of drug-likeness (QED) is 0.407. The van der Waals surface area contributed by atoms with Gasteiger partial charge < -0.3 is 24.0 Å². The van der Waals surface area contributed by atoms with E-state index in [4.69, 9.17) is 0 Å². The minimum Gasteiger partial charge on any atom is -1.00 e. The van der Waals surface area contributed by atoms with Gasteiger partial charge in [-0.15, -0.1) is 0 Å². The van der Waals surface area contributed by atoms with E-state index in [1.165, 1.54) is 6.26 Å². The zero-order valence-corrected chi connectivity index (χ0v) is 9.83. The van der Waals surface area contributed by atoms with Crippen molar-refractivity contribution < 1.29 is 37.0 Å². The highest BCUT2D eigenvalue weighted by Gasteiger charge is 2.09. The largest absolute Gasteiger partial charge is 1.00 e. The topological polar surface area (TPSA) is 38.0 Å². The van der Waals surface area contributed by atoms with Crippen molar-refractivity contribution in [1.29, 1.82) is 0 Å². The third-order valence-electron chi connectivity index (χ3n) is 1.34. The molecule has 0 saturated carbocycles. The standard InChI is InChI=1S/C7H10NO2S.HI/c1-8-5-3-4-7(6-8)11(2,9)10;/h3-6H,1-2H3;1H/q+1;/p-1. The molecule has 0 aliphatic rings. The number of nitrogens with zero attached hydrogens (tertiary/aromatic N) is 1. The SMILES string of the molecule is C[n+]1cccc(S(C)(=O)=O)c1.[I-]. The average Bonchev–Trinajstić information content (AvgIpc) is 1.86. The van der Waals surface area contributed by atoms with Crippen LogP contribution >= 0.6 is 0 Å². The van der Waals surface area contributed by atoms with Crippen molar-refractivity contribution in [3.05, 3.63) is 24.5 Å². The highest BCUT2D eigenvalue weighted by molar-refractivity contribution is 7.90. The molecule has 0 aliphatic heterocycles. The van der Waals surface area contributed by atoms with E-state index in [0.29, 0.717) is 4.90 Å². The van der Waals surface area contributed by atoms with Crippen molar-refractivity contribution in [3.63, 3.8) is 0 Å². The Morgan fingerprint density at radius 1 is 1.42 bits per heavy atom. The van der Waals surface area contributed by atoms with Crippen LogP contribution in [0.15, 0.2) is 29.4 Å². The molecule has 0 radical (unpaired) electrons. The summed E-state index contributed by atoms with van der Waals surface area (Å²) in [5.74, 6) is 0. The van der Waals surface area contributed by atoms with E-state index in [1.54, 1.807) is 36.1 Å². The van der Waals surface area contributed by atoms with Gasteiger partial charge in [0.25, 0.3) is 0 Å². The Balaban J connectivity index is 0.00000121. The first-order chi connectivity index (χ1) is 5.00. The highest BCUT2D eigenvalue weighted by Crippen LogP contribution is 2.02. The summed E-state index contributed by atoms with van der Waals surface area (Å²) in [4.78, 5) is 0.350. The van der Waals surface area contributed by atoms with Gasteiger partial charge in [0.1, 0.15) is 11.9 Å². The molecule has 12 heavy (non-hydrogen) atoms. The Bertz CT molecular complexity index is 361.